The summed E-state index contributed by atoms with van der Waals surface area (Å²) in [5, 5.41) is 2.16. The summed E-state index contributed by atoms with van der Waals surface area (Å²) in [6.45, 7) is 4.05. The molecule has 2 N–H and O–H groups in total. The number of aromatic nitrogens is 2. The maximum absolute atomic E-state index is 5.99. The number of nitrogens with two attached hydrogens (primary N) is 1. The summed E-state index contributed by atoms with van der Waals surface area (Å²) < 4.78 is 0. The monoisotopic (exact) mass is 411 g/mol. The van der Waals surface area contributed by atoms with Gasteiger partial charge < -0.3 is 15.5 Å². The fraction of sp³-hybridized carbons (Fsp3) is 0.308. The Morgan fingerprint density at radius 2 is 1.77 bits per heavy atom. The van der Waals surface area contributed by atoms with E-state index in [0.717, 1.165) is 49.2 Å². The van der Waals surface area contributed by atoms with Crippen molar-refractivity contribution in [2.45, 2.75) is 32.2 Å². The Morgan fingerprint density at radius 1 is 0.903 bits per heavy atom. The summed E-state index contributed by atoms with van der Waals surface area (Å²) in [7, 11) is 0. The summed E-state index contributed by atoms with van der Waals surface area (Å²) in [5.41, 5.74) is 9.92. The molecule has 2 aliphatic heterocycles. The van der Waals surface area contributed by atoms with Gasteiger partial charge in [-0.15, -0.1) is 0 Å². The number of pyridine rings is 2. The van der Waals surface area contributed by atoms with Crippen molar-refractivity contribution in [3.05, 3.63) is 83.8 Å². The molecule has 31 heavy (non-hydrogen) atoms. The molecule has 2 aromatic heterocycles. The molecular weight excluding hydrogens is 382 g/mol. The zero-order valence-electron chi connectivity index (χ0n) is 17.9. The molecule has 0 saturated carbocycles. The summed E-state index contributed by atoms with van der Waals surface area (Å²) in [6.07, 6.45) is 15.3. The topological polar surface area (TPSA) is 58.3 Å². The number of nitrogen functional groups attached to an aromatic ring is 1. The van der Waals surface area contributed by atoms with Gasteiger partial charge in [0.25, 0.3) is 0 Å². The maximum Gasteiger partial charge on any atom is 0.131 e. The number of nitrogens with zero attached hydrogens (tertiary/aromatic N) is 4. The van der Waals surface area contributed by atoms with Gasteiger partial charge in [-0.2, -0.15) is 0 Å². The molecule has 1 aromatic carbocycles. The molecule has 0 bridgehead atoms. The zero-order chi connectivity index (χ0) is 21.0. The van der Waals surface area contributed by atoms with E-state index in [-0.39, 0.29) is 0 Å². The summed E-state index contributed by atoms with van der Waals surface area (Å²) in [4.78, 5) is 13.6. The van der Waals surface area contributed by atoms with E-state index in [0.29, 0.717) is 5.82 Å². The number of hydrogen-bond donors (Lipinski definition) is 1. The average Bonchev–Trinajstić information content (AvgIpc) is 2.80. The number of fused-ring (bicyclic) bond motifs is 1. The van der Waals surface area contributed by atoms with Crippen LogP contribution in [0.4, 0.5) is 11.6 Å². The largest absolute Gasteiger partial charge is 0.383 e. The lowest BCUT2D eigenvalue weighted by Gasteiger charge is -2.28. The lowest BCUT2D eigenvalue weighted by atomic mass is 10.0. The van der Waals surface area contributed by atoms with E-state index in [1.54, 1.807) is 6.20 Å². The molecule has 0 aliphatic carbocycles. The van der Waals surface area contributed by atoms with Gasteiger partial charge >= 0.3 is 0 Å². The molecule has 2 aliphatic rings. The minimum absolute atomic E-state index is 0.591. The average molecular weight is 412 g/mol. The van der Waals surface area contributed by atoms with Crippen LogP contribution in [-0.2, 0) is 13.0 Å². The Hall–Kier alpha value is -3.34. The van der Waals surface area contributed by atoms with Crippen LogP contribution in [-0.4, -0.2) is 34.5 Å². The Kier molecular flexibility index (Phi) is 5.57. The summed E-state index contributed by atoms with van der Waals surface area (Å²) in [5.74, 6) is 1.72. The number of benzene rings is 1. The quantitative estimate of drug-likeness (QED) is 0.659. The first-order valence-electron chi connectivity index (χ1n) is 11.2. The SMILES string of the molecule is Nc1nccc2cc(CN3C=C(Cc4ccnc(N5CCCCC5)c4)C=CC3)ccc12. The van der Waals surface area contributed by atoms with Crippen LogP contribution < -0.4 is 10.6 Å². The van der Waals surface area contributed by atoms with E-state index in [1.165, 1.54) is 36.0 Å². The van der Waals surface area contributed by atoms with Crippen molar-refractivity contribution in [1.29, 1.82) is 0 Å². The first-order chi connectivity index (χ1) is 15.2. The van der Waals surface area contributed by atoms with E-state index in [2.05, 4.69) is 68.5 Å². The standard InChI is InChI=1S/C26H29N5/c27-26-24-7-6-22(16-23(24)9-11-29-26)19-30-12-4-5-21(18-30)15-20-8-10-28-25(17-20)31-13-2-1-3-14-31/h4-11,16-18H,1-3,12-15,19H2,(H2,27,29). The van der Waals surface area contributed by atoms with Crippen molar-refractivity contribution >= 4 is 22.4 Å². The predicted octanol–water partition coefficient (Wildman–Crippen LogP) is 4.70. The maximum atomic E-state index is 5.99. The highest BCUT2D eigenvalue weighted by Gasteiger charge is 2.13. The lowest BCUT2D eigenvalue weighted by Crippen LogP contribution is -2.30. The highest BCUT2D eigenvalue weighted by molar-refractivity contribution is 5.91. The van der Waals surface area contributed by atoms with Gasteiger partial charge in [0.2, 0.25) is 0 Å². The number of rotatable bonds is 5. The van der Waals surface area contributed by atoms with E-state index in [1.807, 2.05) is 12.3 Å². The molecule has 0 radical (unpaired) electrons. The molecule has 1 saturated heterocycles. The lowest BCUT2D eigenvalue weighted by molar-refractivity contribution is 0.401. The van der Waals surface area contributed by atoms with Crippen LogP contribution in [0.2, 0.25) is 0 Å². The smallest absolute Gasteiger partial charge is 0.131 e. The van der Waals surface area contributed by atoms with Gasteiger partial charge in [-0.3, -0.25) is 0 Å². The van der Waals surface area contributed by atoms with Crippen molar-refractivity contribution in [2.24, 2.45) is 0 Å². The Bertz CT molecular complexity index is 1130. The number of piperidine rings is 1. The second-order valence-electron chi connectivity index (χ2n) is 8.53. The third-order valence-electron chi connectivity index (χ3n) is 6.16. The van der Waals surface area contributed by atoms with Gasteiger partial charge in [0.15, 0.2) is 0 Å². The molecule has 1 fully saturated rings. The number of anilines is 2. The number of allylic oxidation sites excluding steroid dienone is 2. The predicted molar refractivity (Wildman–Crippen MR) is 128 cm³/mol. The molecule has 5 heteroatoms. The van der Waals surface area contributed by atoms with Crippen LogP contribution in [0.5, 0.6) is 0 Å². The molecule has 5 nitrogen and oxygen atoms in total. The van der Waals surface area contributed by atoms with Crippen molar-refractivity contribution in [1.82, 2.24) is 14.9 Å². The van der Waals surface area contributed by atoms with Crippen molar-refractivity contribution in [3.8, 4) is 0 Å². The molecule has 0 spiro atoms. The molecule has 0 atom stereocenters. The Balaban J connectivity index is 1.29. The van der Waals surface area contributed by atoms with E-state index >= 15 is 0 Å². The summed E-state index contributed by atoms with van der Waals surface area (Å²) >= 11 is 0. The molecule has 158 valence electrons. The minimum Gasteiger partial charge on any atom is -0.383 e. The highest BCUT2D eigenvalue weighted by Crippen LogP contribution is 2.23. The molecular formula is C26H29N5. The van der Waals surface area contributed by atoms with E-state index in [9.17, 15) is 0 Å². The molecule has 3 aromatic rings. The minimum atomic E-state index is 0.591. The van der Waals surface area contributed by atoms with Gasteiger partial charge in [0.1, 0.15) is 11.6 Å². The van der Waals surface area contributed by atoms with Crippen molar-refractivity contribution in [3.63, 3.8) is 0 Å². The Morgan fingerprint density at radius 3 is 2.68 bits per heavy atom. The van der Waals surface area contributed by atoms with Crippen LogP contribution in [0.25, 0.3) is 10.8 Å². The van der Waals surface area contributed by atoms with Crippen molar-refractivity contribution in [2.75, 3.05) is 30.3 Å². The van der Waals surface area contributed by atoms with Crippen molar-refractivity contribution < 1.29 is 0 Å². The first kappa shape index (κ1) is 19.6. The Labute approximate surface area is 183 Å². The molecule has 5 rings (SSSR count). The summed E-state index contributed by atoms with van der Waals surface area (Å²) in [6, 6.07) is 12.9. The van der Waals surface area contributed by atoms with Gasteiger partial charge in [-0.25, -0.2) is 9.97 Å². The van der Waals surface area contributed by atoms with Gasteiger partial charge in [0, 0.05) is 50.2 Å². The number of hydrogen-bond acceptors (Lipinski definition) is 5. The van der Waals surface area contributed by atoms with Crippen LogP contribution in [0, 0.1) is 0 Å². The fourth-order valence-electron chi connectivity index (χ4n) is 4.57. The van der Waals surface area contributed by atoms with E-state index in [4.69, 9.17) is 5.73 Å². The van der Waals surface area contributed by atoms with E-state index < -0.39 is 0 Å². The molecule has 4 heterocycles. The van der Waals surface area contributed by atoms with Gasteiger partial charge in [-0.1, -0.05) is 24.3 Å². The highest BCUT2D eigenvalue weighted by atomic mass is 15.2. The van der Waals surface area contributed by atoms with Gasteiger partial charge in [0.05, 0.1) is 0 Å². The second-order valence-corrected chi connectivity index (χ2v) is 8.53. The van der Waals surface area contributed by atoms with Crippen LogP contribution >= 0.6 is 0 Å². The first-order valence-corrected chi connectivity index (χ1v) is 11.2. The van der Waals surface area contributed by atoms with Crippen LogP contribution in [0.15, 0.2) is 72.7 Å². The zero-order valence-corrected chi connectivity index (χ0v) is 17.9. The third kappa shape index (κ3) is 4.55. The molecule has 0 amide bonds. The fourth-order valence-corrected chi connectivity index (χ4v) is 4.57. The van der Waals surface area contributed by atoms with Crippen LogP contribution in [0.3, 0.4) is 0 Å². The molecule has 0 unspecified atom stereocenters. The normalized spacial score (nSPS) is 16.6. The third-order valence-corrected chi connectivity index (χ3v) is 6.16. The van der Waals surface area contributed by atoms with Gasteiger partial charge in [-0.05, 0) is 72.0 Å². The second kappa shape index (κ2) is 8.80. The van der Waals surface area contributed by atoms with Crippen LogP contribution in [0.1, 0.15) is 30.4 Å².